The summed E-state index contributed by atoms with van der Waals surface area (Å²) in [5, 5.41) is 0.701. The minimum atomic E-state index is -0.522. The predicted octanol–water partition coefficient (Wildman–Crippen LogP) is 7.05. The number of ketones is 1. The van der Waals surface area contributed by atoms with Crippen molar-refractivity contribution in [2.75, 3.05) is 4.90 Å². The van der Waals surface area contributed by atoms with Crippen LogP contribution in [0.15, 0.2) is 84.1 Å². The van der Waals surface area contributed by atoms with E-state index in [2.05, 4.69) is 0 Å². The Morgan fingerprint density at radius 3 is 2.30 bits per heavy atom. The molecule has 0 N–H and O–H groups in total. The Labute approximate surface area is 201 Å². The summed E-state index contributed by atoms with van der Waals surface area (Å²) in [5.74, 6) is -1.47. The number of anilines is 1. The molecule has 0 fully saturated rings. The molecule has 3 nitrogen and oxygen atoms in total. The normalized spacial score (nSPS) is 20.8. The Balaban J connectivity index is 1.70. The van der Waals surface area contributed by atoms with E-state index < -0.39 is 11.7 Å². The van der Waals surface area contributed by atoms with Gasteiger partial charge in [0, 0.05) is 30.0 Å². The molecule has 3 aromatic carbocycles. The molecule has 2 unspecified atom stereocenters. The van der Waals surface area contributed by atoms with Gasteiger partial charge < -0.3 is 0 Å². The van der Waals surface area contributed by atoms with Gasteiger partial charge in [0.15, 0.2) is 5.78 Å². The molecule has 0 saturated carbocycles. The van der Waals surface area contributed by atoms with Crippen LogP contribution in [0.4, 0.5) is 10.1 Å². The zero-order valence-electron chi connectivity index (χ0n) is 17.6. The lowest BCUT2D eigenvalue weighted by atomic mass is 9.72. The van der Waals surface area contributed by atoms with E-state index in [9.17, 15) is 14.0 Å². The van der Waals surface area contributed by atoms with Crippen molar-refractivity contribution in [3.05, 3.63) is 111 Å². The van der Waals surface area contributed by atoms with Gasteiger partial charge in [0.1, 0.15) is 5.82 Å². The number of para-hydroxylation sites is 1. The number of amides is 1. The average molecular weight is 480 g/mol. The molecule has 0 radical (unpaired) electrons. The lowest BCUT2D eigenvalue weighted by molar-refractivity contribution is -0.120. The third-order valence-corrected chi connectivity index (χ3v) is 7.28. The van der Waals surface area contributed by atoms with E-state index in [1.807, 2.05) is 30.3 Å². The van der Waals surface area contributed by atoms with Gasteiger partial charge in [-0.15, -0.1) is 0 Å². The molecule has 0 spiro atoms. The molecule has 2 aliphatic rings. The van der Waals surface area contributed by atoms with Crippen LogP contribution in [0.2, 0.25) is 10.0 Å². The Bertz CT molecular complexity index is 1290. The van der Waals surface area contributed by atoms with Crippen LogP contribution >= 0.6 is 23.2 Å². The summed E-state index contributed by atoms with van der Waals surface area (Å²) >= 11 is 12.8. The van der Waals surface area contributed by atoms with Crippen LogP contribution in [0.1, 0.15) is 42.2 Å². The van der Waals surface area contributed by atoms with Crippen molar-refractivity contribution < 1.29 is 14.0 Å². The first kappa shape index (κ1) is 21.9. The van der Waals surface area contributed by atoms with Crippen molar-refractivity contribution in [1.82, 2.24) is 0 Å². The first-order valence-corrected chi connectivity index (χ1v) is 11.5. The number of Topliss-reactive ketones (excluding diaryl/α,β-unsaturated/α-hetero) is 1. The monoisotopic (exact) mass is 479 g/mol. The van der Waals surface area contributed by atoms with Gasteiger partial charge in [-0.25, -0.2) is 4.39 Å². The largest absolute Gasteiger partial charge is 0.294 e. The third-order valence-electron chi connectivity index (χ3n) is 6.45. The van der Waals surface area contributed by atoms with Gasteiger partial charge in [-0.3, -0.25) is 14.5 Å². The Kier molecular flexibility index (Phi) is 5.81. The summed E-state index contributed by atoms with van der Waals surface area (Å²) < 4.78 is 14.8. The SMILES string of the molecule is O=C1CC(c2ccccc2)CC2=C1C(c1cccc(Cl)c1Cl)CC(=O)N2c1ccccc1F. The topological polar surface area (TPSA) is 37.4 Å². The van der Waals surface area contributed by atoms with E-state index in [1.165, 1.54) is 11.0 Å². The van der Waals surface area contributed by atoms with Crippen LogP contribution in [0.25, 0.3) is 0 Å². The van der Waals surface area contributed by atoms with E-state index in [4.69, 9.17) is 23.2 Å². The molecule has 3 aromatic rings. The quantitative estimate of drug-likeness (QED) is 0.403. The molecule has 1 heterocycles. The van der Waals surface area contributed by atoms with Crippen LogP contribution in [0, 0.1) is 5.82 Å². The van der Waals surface area contributed by atoms with Gasteiger partial charge in [-0.05, 0) is 41.7 Å². The maximum absolute atomic E-state index is 14.8. The van der Waals surface area contributed by atoms with Gasteiger partial charge >= 0.3 is 0 Å². The standard InChI is InChI=1S/C27H20Cl2FNO2/c28-20-10-6-9-18(27(20)29)19-15-25(33)31(22-12-5-4-11-21(22)30)23-13-17(14-24(32)26(19)23)16-7-2-1-3-8-16/h1-12,17,19H,13-15H2. The zero-order valence-corrected chi connectivity index (χ0v) is 19.1. The molecule has 5 rings (SSSR count). The molecule has 33 heavy (non-hydrogen) atoms. The number of rotatable bonds is 3. The highest BCUT2D eigenvalue weighted by atomic mass is 35.5. The summed E-state index contributed by atoms with van der Waals surface area (Å²) in [6.45, 7) is 0. The van der Waals surface area contributed by atoms with E-state index in [0.29, 0.717) is 39.7 Å². The Morgan fingerprint density at radius 1 is 0.818 bits per heavy atom. The van der Waals surface area contributed by atoms with Gasteiger partial charge in [0.25, 0.3) is 0 Å². The van der Waals surface area contributed by atoms with Gasteiger partial charge in [-0.2, -0.15) is 0 Å². The van der Waals surface area contributed by atoms with Crippen LogP contribution in [-0.2, 0) is 9.59 Å². The first-order valence-electron chi connectivity index (χ1n) is 10.8. The number of hydrogen-bond acceptors (Lipinski definition) is 2. The Hall–Kier alpha value is -2.95. The van der Waals surface area contributed by atoms with Gasteiger partial charge in [0.2, 0.25) is 5.91 Å². The molecule has 6 heteroatoms. The molecule has 166 valence electrons. The number of hydrogen-bond donors (Lipinski definition) is 0. The highest BCUT2D eigenvalue weighted by Crippen LogP contribution is 2.48. The highest BCUT2D eigenvalue weighted by molar-refractivity contribution is 6.42. The summed E-state index contributed by atoms with van der Waals surface area (Å²) in [6.07, 6.45) is 0.769. The van der Waals surface area contributed by atoms with Crippen LogP contribution in [0.5, 0.6) is 0 Å². The minimum absolute atomic E-state index is 0.00890. The molecule has 0 bridgehead atoms. The Morgan fingerprint density at radius 2 is 1.55 bits per heavy atom. The van der Waals surface area contributed by atoms with Crippen LogP contribution in [0.3, 0.4) is 0 Å². The fraction of sp³-hybridized carbons (Fsp3) is 0.185. The van der Waals surface area contributed by atoms with Gasteiger partial charge in [0.05, 0.1) is 15.7 Å². The van der Waals surface area contributed by atoms with Crippen molar-refractivity contribution in [2.45, 2.75) is 31.1 Å². The van der Waals surface area contributed by atoms with Crippen molar-refractivity contribution in [1.29, 1.82) is 0 Å². The second kappa shape index (κ2) is 8.77. The van der Waals surface area contributed by atoms with E-state index in [-0.39, 0.29) is 29.7 Å². The zero-order chi connectivity index (χ0) is 23.1. The molecule has 0 saturated heterocycles. The fourth-order valence-electron chi connectivity index (χ4n) is 4.96. The fourth-order valence-corrected chi connectivity index (χ4v) is 5.40. The smallest absolute Gasteiger partial charge is 0.232 e. The molecule has 0 aromatic heterocycles. The summed E-state index contributed by atoms with van der Waals surface area (Å²) in [7, 11) is 0. The highest BCUT2D eigenvalue weighted by Gasteiger charge is 2.43. The number of carbonyl (C=O) groups is 2. The molecular formula is C27H20Cl2FNO2. The predicted molar refractivity (Wildman–Crippen MR) is 128 cm³/mol. The molecule has 1 aliphatic heterocycles. The van der Waals surface area contributed by atoms with Crippen LogP contribution < -0.4 is 4.90 Å². The van der Waals surface area contributed by atoms with Crippen molar-refractivity contribution in [2.24, 2.45) is 0 Å². The minimum Gasteiger partial charge on any atom is -0.294 e. The van der Waals surface area contributed by atoms with Crippen molar-refractivity contribution in [3.8, 4) is 0 Å². The second-order valence-corrected chi connectivity index (χ2v) is 9.16. The van der Waals surface area contributed by atoms with Crippen molar-refractivity contribution >= 4 is 40.6 Å². The average Bonchev–Trinajstić information content (AvgIpc) is 2.81. The number of benzene rings is 3. The maximum Gasteiger partial charge on any atom is 0.232 e. The van der Waals surface area contributed by atoms with Crippen LogP contribution in [-0.4, -0.2) is 11.7 Å². The van der Waals surface area contributed by atoms with E-state index in [0.717, 1.165) is 5.56 Å². The first-order chi connectivity index (χ1) is 16.0. The lowest BCUT2D eigenvalue weighted by Crippen LogP contribution is -2.42. The number of halogens is 3. The van der Waals surface area contributed by atoms with E-state index in [1.54, 1.807) is 36.4 Å². The molecular weight excluding hydrogens is 460 g/mol. The molecule has 1 amide bonds. The number of nitrogens with zero attached hydrogens (tertiary/aromatic N) is 1. The second-order valence-electron chi connectivity index (χ2n) is 8.38. The molecule has 2 atom stereocenters. The summed E-state index contributed by atoms with van der Waals surface area (Å²) in [4.78, 5) is 28.5. The van der Waals surface area contributed by atoms with E-state index >= 15 is 0 Å². The third kappa shape index (κ3) is 3.88. The van der Waals surface area contributed by atoms with Gasteiger partial charge in [-0.1, -0.05) is 77.8 Å². The number of carbonyl (C=O) groups excluding carboxylic acids is 2. The maximum atomic E-state index is 14.8. The summed E-state index contributed by atoms with van der Waals surface area (Å²) in [5.41, 5.74) is 2.88. The lowest BCUT2D eigenvalue weighted by Gasteiger charge is -2.40. The molecule has 1 aliphatic carbocycles. The number of allylic oxidation sites excluding steroid dienone is 2. The summed E-state index contributed by atoms with van der Waals surface area (Å²) in [6, 6.07) is 21.1. The van der Waals surface area contributed by atoms with Crippen molar-refractivity contribution in [3.63, 3.8) is 0 Å².